The second-order valence-corrected chi connectivity index (χ2v) is 5.14. The molecule has 6 heteroatoms. The third-order valence-corrected chi connectivity index (χ3v) is 2.95. The van der Waals surface area contributed by atoms with E-state index in [1.54, 1.807) is 52.5 Å². The van der Waals surface area contributed by atoms with Gasteiger partial charge in [-0.3, -0.25) is 0 Å². The topological polar surface area (TPSA) is 59.1 Å². The third kappa shape index (κ3) is 3.28. The number of hydrogen-bond donors (Lipinski definition) is 0. The van der Waals surface area contributed by atoms with Crippen molar-refractivity contribution < 1.29 is 19.1 Å². The van der Waals surface area contributed by atoms with Gasteiger partial charge in [-0.1, -0.05) is 24.3 Å². The Kier molecular flexibility index (Phi) is 4.50. The van der Waals surface area contributed by atoms with Gasteiger partial charge >= 0.3 is 12.2 Å². The first-order chi connectivity index (χ1) is 10.4. The van der Waals surface area contributed by atoms with Crippen molar-refractivity contribution >= 4 is 23.0 Å². The molecule has 0 heterocycles. The number of hydrogen-bond acceptors (Lipinski definition) is 4. The SMILES string of the molecule is CN(C)C(=O)Oc1cccc2cccc(OC(=O)N(C)C)c12. The molecule has 0 radical (unpaired) electrons. The van der Waals surface area contributed by atoms with Crippen molar-refractivity contribution in [3.8, 4) is 11.5 Å². The van der Waals surface area contributed by atoms with Crippen molar-refractivity contribution in [3.63, 3.8) is 0 Å². The zero-order chi connectivity index (χ0) is 16.3. The summed E-state index contributed by atoms with van der Waals surface area (Å²) in [6, 6.07) is 10.6. The van der Waals surface area contributed by atoms with Crippen LogP contribution in [0.2, 0.25) is 0 Å². The molecule has 2 aromatic carbocycles. The molecule has 0 fully saturated rings. The van der Waals surface area contributed by atoms with Gasteiger partial charge in [0.2, 0.25) is 0 Å². The zero-order valence-corrected chi connectivity index (χ0v) is 13.0. The smallest absolute Gasteiger partial charge is 0.409 e. The fraction of sp³-hybridized carbons (Fsp3) is 0.250. The van der Waals surface area contributed by atoms with Gasteiger partial charge in [0, 0.05) is 28.2 Å². The number of ether oxygens (including phenoxy) is 2. The van der Waals surface area contributed by atoms with E-state index in [-0.39, 0.29) is 0 Å². The number of benzene rings is 2. The summed E-state index contributed by atoms with van der Waals surface area (Å²) in [5, 5.41) is 1.39. The molecule has 6 nitrogen and oxygen atoms in total. The van der Waals surface area contributed by atoms with Crippen LogP contribution in [0.1, 0.15) is 0 Å². The molecule has 0 bridgehead atoms. The van der Waals surface area contributed by atoms with Crippen LogP contribution >= 0.6 is 0 Å². The average Bonchev–Trinajstić information content (AvgIpc) is 2.47. The van der Waals surface area contributed by atoms with Gasteiger partial charge in [0.25, 0.3) is 0 Å². The van der Waals surface area contributed by atoms with E-state index in [1.807, 2.05) is 12.1 Å². The van der Waals surface area contributed by atoms with Crippen molar-refractivity contribution in [2.75, 3.05) is 28.2 Å². The van der Waals surface area contributed by atoms with Gasteiger partial charge in [-0.2, -0.15) is 0 Å². The van der Waals surface area contributed by atoms with E-state index in [9.17, 15) is 9.59 Å². The average molecular weight is 302 g/mol. The summed E-state index contributed by atoms with van der Waals surface area (Å²) in [6.45, 7) is 0. The van der Waals surface area contributed by atoms with Crippen LogP contribution in [0.5, 0.6) is 11.5 Å². The van der Waals surface area contributed by atoms with Crippen LogP contribution in [0.3, 0.4) is 0 Å². The molecule has 0 aromatic heterocycles. The fourth-order valence-electron chi connectivity index (χ4n) is 1.81. The first-order valence-corrected chi connectivity index (χ1v) is 6.70. The predicted octanol–water partition coefficient (Wildman–Crippen LogP) is 2.96. The lowest BCUT2D eigenvalue weighted by molar-refractivity contribution is 0.171. The number of carbonyl (C=O) groups is 2. The number of amides is 2. The second kappa shape index (κ2) is 6.34. The quantitative estimate of drug-likeness (QED) is 0.855. The normalized spacial score (nSPS) is 10.2. The van der Waals surface area contributed by atoms with Crippen molar-refractivity contribution in [1.82, 2.24) is 9.80 Å². The molecule has 0 aliphatic carbocycles. The molecular weight excluding hydrogens is 284 g/mol. The maximum absolute atomic E-state index is 11.8. The molecule has 116 valence electrons. The Labute approximate surface area is 128 Å². The highest BCUT2D eigenvalue weighted by Gasteiger charge is 2.16. The Morgan fingerprint density at radius 3 is 1.55 bits per heavy atom. The summed E-state index contributed by atoms with van der Waals surface area (Å²) in [7, 11) is 6.39. The second-order valence-electron chi connectivity index (χ2n) is 5.14. The van der Waals surface area contributed by atoms with E-state index in [0.29, 0.717) is 16.9 Å². The van der Waals surface area contributed by atoms with Crippen LogP contribution in [0.4, 0.5) is 9.59 Å². The van der Waals surface area contributed by atoms with Gasteiger partial charge in [-0.25, -0.2) is 9.59 Å². The Hall–Kier alpha value is -2.76. The van der Waals surface area contributed by atoms with Crippen molar-refractivity contribution in [3.05, 3.63) is 36.4 Å². The molecule has 2 aromatic rings. The van der Waals surface area contributed by atoms with E-state index in [4.69, 9.17) is 9.47 Å². The highest BCUT2D eigenvalue weighted by atomic mass is 16.6. The standard InChI is InChI=1S/C16H18N2O4/c1-17(2)15(19)21-12-9-5-7-11-8-6-10-13(14(11)12)22-16(20)18(3)4/h5-10H,1-4H3. The molecule has 0 aliphatic rings. The lowest BCUT2D eigenvalue weighted by atomic mass is 10.1. The van der Waals surface area contributed by atoms with Crippen LogP contribution in [0, 0.1) is 0 Å². The highest BCUT2D eigenvalue weighted by molar-refractivity contribution is 5.96. The van der Waals surface area contributed by atoms with E-state index in [0.717, 1.165) is 5.39 Å². The summed E-state index contributed by atoms with van der Waals surface area (Å²) >= 11 is 0. The fourth-order valence-corrected chi connectivity index (χ4v) is 1.81. The van der Waals surface area contributed by atoms with Gasteiger partial charge in [-0.15, -0.1) is 0 Å². The van der Waals surface area contributed by atoms with E-state index in [1.165, 1.54) is 9.80 Å². The van der Waals surface area contributed by atoms with Crippen LogP contribution in [0.25, 0.3) is 10.8 Å². The maximum Gasteiger partial charge on any atom is 0.414 e. The maximum atomic E-state index is 11.8. The number of rotatable bonds is 2. The minimum absolute atomic E-state index is 0.346. The molecule has 0 saturated heterocycles. The third-order valence-electron chi connectivity index (χ3n) is 2.95. The lowest BCUT2D eigenvalue weighted by Crippen LogP contribution is -2.26. The van der Waals surface area contributed by atoms with Crippen LogP contribution in [-0.4, -0.2) is 50.2 Å². The largest absolute Gasteiger partial charge is 0.414 e. The monoisotopic (exact) mass is 302 g/mol. The lowest BCUT2D eigenvalue weighted by Gasteiger charge is -2.16. The summed E-state index contributed by atoms with van der Waals surface area (Å²) in [5.41, 5.74) is 0. The summed E-state index contributed by atoms with van der Waals surface area (Å²) in [6.07, 6.45) is -0.998. The van der Waals surface area contributed by atoms with Gasteiger partial charge in [0.05, 0.1) is 5.39 Å². The first-order valence-electron chi connectivity index (χ1n) is 6.70. The van der Waals surface area contributed by atoms with Gasteiger partial charge < -0.3 is 19.3 Å². The van der Waals surface area contributed by atoms with Crippen LogP contribution < -0.4 is 9.47 Å². The Balaban J connectivity index is 2.49. The van der Waals surface area contributed by atoms with Gasteiger partial charge in [0.1, 0.15) is 11.5 Å². The summed E-state index contributed by atoms with van der Waals surface area (Å²) in [5.74, 6) is 0.691. The Bertz CT molecular complexity index is 654. The molecule has 0 N–H and O–H groups in total. The molecule has 22 heavy (non-hydrogen) atoms. The molecule has 2 amide bonds. The minimum Gasteiger partial charge on any atom is -0.409 e. The molecule has 0 atom stereocenters. The number of nitrogens with zero attached hydrogens (tertiary/aromatic N) is 2. The number of fused-ring (bicyclic) bond motifs is 1. The summed E-state index contributed by atoms with van der Waals surface area (Å²) < 4.78 is 10.7. The predicted molar refractivity (Wildman–Crippen MR) is 83.4 cm³/mol. The van der Waals surface area contributed by atoms with E-state index in [2.05, 4.69) is 0 Å². The van der Waals surface area contributed by atoms with Crippen molar-refractivity contribution in [2.45, 2.75) is 0 Å². The number of carbonyl (C=O) groups excluding carboxylic acids is 2. The Morgan fingerprint density at radius 2 is 1.18 bits per heavy atom. The first kappa shape index (κ1) is 15.6. The molecular formula is C16H18N2O4. The van der Waals surface area contributed by atoms with E-state index < -0.39 is 12.2 Å². The molecule has 0 spiro atoms. The van der Waals surface area contributed by atoms with Crippen LogP contribution in [-0.2, 0) is 0 Å². The molecule has 0 aliphatic heterocycles. The van der Waals surface area contributed by atoms with Crippen LogP contribution in [0.15, 0.2) is 36.4 Å². The Morgan fingerprint density at radius 1 is 0.773 bits per heavy atom. The van der Waals surface area contributed by atoms with Crippen molar-refractivity contribution in [2.24, 2.45) is 0 Å². The zero-order valence-electron chi connectivity index (χ0n) is 13.0. The summed E-state index contributed by atoms with van der Waals surface area (Å²) in [4.78, 5) is 26.2. The van der Waals surface area contributed by atoms with Crippen molar-refractivity contribution in [1.29, 1.82) is 0 Å². The van der Waals surface area contributed by atoms with Gasteiger partial charge in [-0.05, 0) is 17.5 Å². The highest BCUT2D eigenvalue weighted by Crippen LogP contribution is 2.34. The molecule has 0 unspecified atom stereocenters. The molecule has 0 saturated carbocycles. The minimum atomic E-state index is -0.499. The molecule has 2 rings (SSSR count). The van der Waals surface area contributed by atoms with E-state index >= 15 is 0 Å². The van der Waals surface area contributed by atoms with Gasteiger partial charge in [0.15, 0.2) is 0 Å².